The molecule has 0 radical (unpaired) electrons. The highest BCUT2D eigenvalue weighted by Crippen LogP contribution is 2.22. The van der Waals surface area contributed by atoms with Crippen molar-refractivity contribution in [3.8, 4) is 11.3 Å². The average Bonchev–Trinajstić information content (AvgIpc) is 2.98. The predicted octanol–water partition coefficient (Wildman–Crippen LogP) is 4.88. The quantitative estimate of drug-likeness (QED) is 0.292. The van der Waals surface area contributed by atoms with E-state index in [2.05, 4.69) is 27.4 Å². The van der Waals surface area contributed by atoms with Crippen molar-refractivity contribution in [2.75, 3.05) is 0 Å². The molecule has 3 N–H and O–H groups in total. The summed E-state index contributed by atoms with van der Waals surface area (Å²) >= 11 is 0. The van der Waals surface area contributed by atoms with Crippen LogP contribution in [0.15, 0.2) is 85.6 Å². The van der Waals surface area contributed by atoms with Crippen LogP contribution in [0.2, 0.25) is 0 Å². The van der Waals surface area contributed by atoms with Gasteiger partial charge in [-0.05, 0) is 61.9 Å². The molecule has 1 aliphatic carbocycles. The van der Waals surface area contributed by atoms with Crippen molar-refractivity contribution >= 4 is 11.8 Å². The summed E-state index contributed by atoms with van der Waals surface area (Å²) < 4.78 is 0. The Bertz CT molecular complexity index is 1200. The van der Waals surface area contributed by atoms with Gasteiger partial charge in [0.1, 0.15) is 0 Å². The lowest BCUT2D eigenvalue weighted by Crippen LogP contribution is -2.47. The Morgan fingerprint density at radius 1 is 1.00 bits per heavy atom. The predicted molar refractivity (Wildman–Crippen MR) is 153 cm³/mol. The Morgan fingerprint density at radius 3 is 2.41 bits per heavy atom. The van der Waals surface area contributed by atoms with E-state index in [1.54, 1.807) is 24.4 Å². The summed E-state index contributed by atoms with van der Waals surface area (Å²) in [4.78, 5) is 26.4. The first kappa shape index (κ1) is 28.2. The van der Waals surface area contributed by atoms with Gasteiger partial charge in [-0.3, -0.25) is 9.59 Å². The standard InChI is InChI=1S/C32H38N4O3/c1-2-10-26(32(39)34-27-13-7-4-8-14-27)22-30(37)29(21-23-11-5-3-6-12-23)35-31(38)25-18-16-24(17-19-25)28-15-9-20-33-36-28/h2-3,5-6,9,11-12,15-20,26-27,29-30,37H,1,4,7-8,10,13-14,21-22H2,(H,34,39)(H,35,38)/t26-,29-,30-/m0/s1. The van der Waals surface area contributed by atoms with Crippen LogP contribution in [-0.2, 0) is 11.2 Å². The first-order chi connectivity index (χ1) is 19.0. The number of aromatic nitrogens is 2. The van der Waals surface area contributed by atoms with E-state index in [-0.39, 0.29) is 24.3 Å². The molecule has 0 bridgehead atoms. The van der Waals surface area contributed by atoms with Gasteiger partial charge in [0.25, 0.3) is 5.91 Å². The van der Waals surface area contributed by atoms with Crippen molar-refractivity contribution in [1.29, 1.82) is 0 Å². The van der Waals surface area contributed by atoms with Gasteiger partial charge in [0.15, 0.2) is 0 Å². The Balaban J connectivity index is 1.46. The van der Waals surface area contributed by atoms with E-state index in [0.29, 0.717) is 18.4 Å². The number of amides is 2. The summed E-state index contributed by atoms with van der Waals surface area (Å²) in [6, 6.07) is 20.2. The van der Waals surface area contributed by atoms with E-state index >= 15 is 0 Å². The fourth-order valence-electron chi connectivity index (χ4n) is 5.18. The number of carbonyl (C=O) groups is 2. The van der Waals surface area contributed by atoms with Crippen molar-refractivity contribution in [2.24, 2.45) is 5.92 Å². The number of hydrogen-bond donors (Lipinski definition) is 3. The maximum atomic E-state index is 13.3. The molecule has 7 heteroatoms. The van der Waals surface area contributed by atoms with Crippen LogP contribution in [0.25, 0.3) is 11.3 Å². The first-order valence-electron chi connectivity index (χ1n) is 13.9. The maximum Gasteiger partial charge on any atom is 0.251 e. The molecular formula is C32H38N4O3. The number of aliphatic hydroxyl groups is 1. The number of rotatable bonds is 12. The second-order valence-electron chi connectivity index (χ2n) is 10.3. The molecule has 3 atom stereocenters. The molecule has 39 heavy (non-hydrogen) atoms. The number of benzene rings is 2. The maximum absolute atomic E-state index is 13.3. The van der Waals surface area contributed by atoms with Crippen LogP contribution in [0, 0.1) is 5.92 Å². The van der Waals surface area contributed by atoms with Gasteiger partial charge in [0, 0.05) is 29.3 Å². The van der Waals surface area contributed by atoms with E-state index in [1.165, 1.54) is 6.42 Å². The molecule has 0 spiro atoms. The highest BCUT2D eigenvalue weighted by molar-refractivity contribution is 5.94. The molecule has 0 saturated heterocycles. The Hall–Kier alpha value is -3.84. The summed E-state index contributed by atoms with van der Waals surface area (Å²) in [7, 11) is 0. The topological polar surface area (TPSA) is 104 Å². The van der Waals surface area contributed by atoms with Gasteiger partial charge in [0.05, 0.1) is 17.8 Å². The molecule has 1 fully saturated rings. The lowest BCUT2D eigenvalue weighted by Gasteiger charge is -2.29. The third-order valence-electron chi connectivity index (χ3n) is 7.39. The molecule has 2 aromatic carbocycles. The molecule has 7 nitrogen and oxygen atoms in total. The number of nitrogens with one attached hydrogen (secondary N) is 2. The third kappa shape index (κ3) is 8.32. The molecule has 204 valence electrons. The largest absolute Gasteiger partial charge is 0.391 e. The molecule has 2 amide bonds. The van der Waals surface area contributed by atoms with Crippen LogP contribution in [-0.4, -0.2) is 45.3 Å². The van der Waals surface area contributed by atoms with Crippen LogP contribution in [0.1, 0.15) is 60.9 Å². The minimum atomic E-state index is -0.921. The van der Waals surface area contributed by atoms with E-state index in [1.807, 2.05) is 54.6 Å². The molecule has 1 saturated carbocycles. The highest BCUT2D eigenvalue weighted by atomic mass is 16.3. The van der Waals surface area contributed by atoms with Gasteiger partial charge in [-0.25, -0.2) is 0 Å². The third-order valence-corrected chi connectivity index (χ3v) is 7.39. The minimum absolute atomic E-state index is 0.0507. The number of carbonyl (C=O) groups excluding carboxylic acids is 2. The minimum Gasteiger partial charge on any atom is -0.391 e. The lowest BCUT2D eigenvalue weighted by molar-refractivity contribution is -0.127. The van der Waals surface area contributed by atoms with E-state index in [9.17, 15) is 14.7 Å². The summed E-state index contributed by atoms with van der Waals surface area (Å²) in [5, 5.41) is 25.6. The van der Waals surface area contributed by atoms with Crippen LogP contribution < -0.4 is 10.6 Å². The monoisotopic (exact) mass is 526 g/mol. The number of hydrogen-bond acceptors (Lipinski definition) is 5. The zero-order valence-electron chi connectivity index (χ0n) is 22.3. The van der Waals surface area contributed by atoms with Gasteiger partial charge in [-0.1, -0.05) is 67.8 Å². The van der Waals surface area contributed by atoms with Gasteiger partial charge >= 0.3 is 0 Å². The van der Waals surface area contributed by atoms with Crippen LogP contribution in [0.4, 0.5) is 0 Å². The normalized spacial score (nSPS) is 16.0. The van der Waals surface area contributed by atoms with Crippen molar-refractivity contribution < 1.29 is 14.7 Å². The number of allylic oxidation sites excluding steroid dienone is 1. The Labute approximate surface area is 230 Å². The second-order valence-corrected chi connectivity index (χ2v) is 10.3. The number of nitrogens with zero attached hydrogens (tertiary/aromatic N) is 2. The molecule has 4 rings (SSSR count). The fourth-order valence-corrected chi connectivity index (χ4v) is 5.18. The average molecular weight is 527 g/mol. The zero-order valence-corrected chi connectivity index (χ0v) is 22.3. The van der Waals surface area contributed by atoms with Gasteiger partial charge in [-0.2, -0.15) is 10.2 Å². The Morgan fingerprint density at radius 2 is 1.74 bits per heavy atom. The van der Waals surface area contributed by atoms with Gasteiger partial charge < -0.3 is 15.7 Å². The molecular weight excluding hydrogens is 488 g/mol. The lowest BCUT2D eigenvalue weighted by atomic mass is 9.89. The molecule has 3 aromatic rings. The molecule has 0 aliphatic heterocycles. The highest BCUT2D eigenvalue weighted by Gasteiger charge is 2.29. The van der Waals surface area contributed by atoms with E-state index < -0.39 is 18.1 Å². The van der Waals surface area contributed by atoms with Crippen molar-refractivity contribution in [3.05, 3.63) is 96.7 Å². The smallest absolute Gasteiger partial charge is 0.251 e. The fraction of sp³-hybridized carbons (Fsp3) is 0.375. The van der Waals surface area contributed by atoms with Crippen LogP contribution in [0.5, 0.6) is 0 Å². The second kappa shape index (κ2) is 14.4. The van der Waals surface area contributed by atoms with Crippen molar-refractivity contribution in [3.63, 3.8) is 0 Å². The molecule has 1 aromatic heterocycles. The molecule has 1 heterocycles. The van der Waals surface area contributed by atoms with Crippen molar-refractivity contribution in [1.82, 2.24) is 20.8 Å². The van der Waals surface area contributed by atoms with E-state index in [4.69, 9.17) is 0 Å². The summed E-state index contributed by atoms with van der Waals surface area (Å²) in [6.45, 7) is 3.83. The first-order valence-corrected chi connectivity index (χ1v) is 13.9. The van der Waals surface area contributed by atoms with Gasteiger partial charge in [-0.15, -0.1) is 6.58 Å². The Kier molecular flexibility index (Phi) is 10.4. The summed E-state index contributed by atoms with van der Waals surface area (Å²) in [5.41, 5.74) is 3.05. The van der Waals surface area contributed by atoms with E-state index in [0.717, 1.165) is 42.5 Å². The van der Waals surface area contributed by atoms with Crippen LogP contribution >= 0.6 is 0 Å². The van der Waals surface area contributed by atoms with Crippen molar-refractivity contribution in [2.45, 2.75) is 69.6 Å². The molecule has 0 unspecified atom stereocenters. The number of aliphatic hydroxyl groups excluding tert-OH is 1. The molecule has 1 aliphatic rings. The zero-order chi connectivity index (χ0) is 27.5. The SMILES string of the molecule is C=CC[C@@H](C[C@H](O)[C@H](Cc1ccccc1)NC(=O)c1ccc(-c2cccnn2)cc1)C(=O)NC1CCCCC1. The van der Waals surface area contributed by atoms with Gasteiger partial charge in [0.2, 0.25) is 5.91 Å². The summed E-state index contributed by atoms with van der Waals surface area (Å²) in [5.74, 6) is -0.751. The van der Waals surface area contributed by atoms with Crippen LogP contribution in [0.3, 0.4) is 0 Å². The summed E-state index contributed by atoms with van der Waals surface area (Å²) in [6.07, 6.45) is 9.02.